The highest BCUT2D eigenvalue weighted by Gasteiger charge is 2.34. The number of benzene rings is 2. The summed E-state index contributed by atoms with van der Waals surface area (Å²) in [6.45, 7) is 10.9. The number of hydrogen-bond acceptors (Lipinski definition) is 3. The van der Waals surface area contributed by atoms with Crippen LogP contribution in [0.1, 0.15) is 103 Å². The maximum absolute atomic E-state index is 10.7. The predicted octanol–water partition coefficient (Wildman–Crippen LogP) is 8.10. The van der Waals surface area contributed by atoms with Crippen LogP contribution in [0.4, 0.5) is 0 Å². The van der Waals surface area contributed by atoms with E-state index < -0.39 is 0 Å². The standard InChI is InChI=1S/C30H46O3/c1-21(13-9-15-23(3)31)11-8-12-22(2)14-10-19-30(5)20-18-25-24(4)28(32)26-16-6-7-17-27(26)29(25)33-30/h6-7,16-17,21-23,31-32H,8-15,18-20H2,1-5H3/t21?,22?,23?,30-/m0/s1. The largest absolute Gasteiger partial charge is 0.507 e. The lowest BCUT2D eigenvalue weighted by molar-refractivity contribution is 0.0540. The van der Waals surface area contributed by atoms with Crippen LogP contribution in [0.2, 0.25) is 0 Å². The SMILES string of the molecule is Cc1c2c(c3ccccc3c1O)O[C@@](C)(CCCC(C)CCCC(C)CCCC(C)O)CC2. The van der Waals surface area contributed by atoms with E-state index in [4.69, 9.17) is 4.74 Å². The lowest BCUT2D eigenvalue weighted by Crippen LogP contribution is -2.36. The Morgan fingerprint density at radius 3 is 2.12 bits per heavy atom. The van der Waals surface area contributed by atoms with E-state index in [2.05, 4.69) is 26.8 Å². The average Bonchev–Trinajstić information content (AvgIpc) is 2.77. The minimum Gasteiger partial charge on any atom is -0.507 e. The maximum atomic E-state index is 10.7. The molecule has 0 saturated carbocycles. The van der Waals surface area contributed by atoms with Crippen molar-refractivity contribution in [3.8, 4) is 11.5 Å². The summed E-state index contributed by atoms with van der Waals surface area (Å²) >= 11 is 0. The molecule has 0 saturated heterocycles. The first-order valence-corrected chi connectivity index (χ1v) is 13.3. The van der Waals surface area contributed by atoms with Crippen LogP contribution in [0, 0.1) is 18.8 Å². The van der Waals surface area contributed by atoms with E-state index in [0.717, 1.165) is 66.0 Å². The van der Waals surface area contributed by atoms with Gasteiger partial charge in [-0.2, -0.15) is 0 Å². The molecule has 3 nitrogen and oxygen atoms in total. The van der Waals surface area contributed by atoms with Crippen LogP contribution in [-0.4, -0.2) is 21.9 Å². The molecule has 3 unspecified atom stereocenters. The molecule has 184 valence electrons. The number of aliphatic hydroxyl groups is 1. The summed E-state index contributed by atoms with van der Waals surface area (Å²) in [5.74, 6) is 2.92. The third-order valence-electron chi connectivity index (χ3n) is 7.88. The minimum absolute atomic E-state index is 0.128. The molecule has 0 spiro atoms. The van der Waals surface area contributed by atoms with Crippen molar-refractivity contribution in [3.63, 3.8) is 0 Å². The highest BCUT2D eigenvalue weighted by molar-refractivity contribution is 5.95. The molecule has 0 aromatic heterocycles. The van der Waals surface area contributed by atoms with Crippen molar-refractivity contribution >= 4 is 10.8 Å². The van der Waals surface area contributed by atoms with Crippen LogP contribution in [0.15, 0.2) is 24.3 Å². The molecular weight excluding hydrogens is 408 g/mol. The van der Waals surface area contributed by atoms with Gasteiger partial charge < -0.3 is 14.9 Å². The fourth-order valence-electron chi connectivity index (χ4n) is 5.54. The fraction of sp³-hybridized carbons (Fsp3) is 0.667. The molecule has 0 radical (unpaired) electrons. The second-order valence-corrected chi connectivity index (χ2v) is 11.2. The molecule has 33 heavy (non-hydrogen) atoms. The second kappa shape index (κ2) is 11.6. The Morgan fingerprint density at radius 1 is 0.909 bits per heavy atom. The molecule has 0 bridgehead atoms. The van der Waals surface area contributed by atoms with E-state index >= 15 is 0 Å². The quantitative estimate of drug-likeness (QED) is 0.340. The van der Waals surface area contributed by atoms with E-state index in [9.17, 15) is 10.2 Å². The maximum Gasteiger partial charge on any atom is 0.131 e. The Morgan fingerprint density at radius 2 is 1.48 bits per heavy atom. The molecule has 2 aromatic rings. The normalized spacial score (nSPS) is 20.8. The lowest BCUT2D eigenvalue weighted by atomic mass is 9.84. The van der Waals surface area contributed by atoms with Crippen LogP contribution < -0.4 is 4.74 Å². The highest BCUT2D eigenvalue weighted by Crippen LogP contribution is 2.46. The third kappa shape index (κ3) is 6.88. The van der Waals surface area contributed by atoms with Gasteiger partial charge in [0, 0.05) is 16.3 Å². The molecule has 2 N–H and O–H groups in total. The van der Waals surface area contributed by atoms with Crippen molar-refractivity contribution < 1.29 is 14.9 Å². The van der Waals surface area contributed by atoms with Gasteiger partial charge in [-0.15, -0.1) is 0 Å². The highest BCUT2D eigenvalue weighted by atomic mass is 16.5. The van der Waals surface area contributed by atoms with Gasteiger partial charge in [-0.1, -0.05) is 76.6 Å². The van der Waals surface area contributed by atoms with E-state index in [1.54, 1.807) is 0 Å². The zero-order chi connectivity index (χ0) is 24.0. The summed E-state index contributed by atoms with van der Waals surface area (Å²) in [7, 11) is 0. The monoisotopic (exact) mass is 454 g/mol. The summed E-state index contributed by atoms with van der Waals surface area (Å²) in [4.78, 5) is 0. The van der Waals surface area contributed by atoms with Crippen molar-refractivity contribution in [2.45, 2.75) is 117 Å². The Labute approximate surface area is 201 Å². The number of aliphatic hydroxyl groups excluding tert-OH is 1. The molecule has 0 amide bonds. The van der Waals surface area contributed by atoms with Crippen LogP contribution >= 0.6 is 0 Å². The molecular formula is C30H46O3. The minimum atomic E-state index is -0.157. The molecule has 1 aliphatic rings. The fourth-order valence-corrected chi connectivity index (χ4v) is 5.54. The number of fused-ring (bicyclic) bond motifs is 3. The third-order valence-corrected chi connectivity index (χ3v) is 7.88. The molecule has 3 rings (SSSR count). The summed E-state index contributed by atoms with van der Waals surface area (Å²) in [6, 6.07) is 8.07. The van der Waals surface area contributed by atoms with Crippen molar-refractivity contribution in [2.24, 2.45) is 11.8 Å². The Bertz CT molecular complexity index is 903. The van der Waals surface area contributed by atoms with E-state index in [1.165, 1.54) is 44.1 Å². The first-order chi connectivity index (χ1) is 15.7. The number of hydrogen-bond donors (Lipinski definition) is 2. The average molecular weight is 455 g/mol. The van der Waals surface area contributed by atoms with Gasteiger partial charge in [-0.05, 0) is 70.3 Å². The van der Waals surface area contributed by atoms with Crippen molar-refractivity contribution in [2.75, 3.05) is 0 Å². The van der Waals surface area contributed by atoms with Gasteiger partial charge in [0.05, 0.1) is 6.10 Å². The summed E-state index contributed by atoms with van der Waals surface area (Å²) in [5.41, 5.74) is 2.02. The molecule has 1 heterocycles. The lowest BCUT2D eigenvalue weighted by Gasteiger charge is -2.37. The van der Waals surface area contributed by atoms with Crippen molar-refractivity contribution in [1.82, 2.24) is 0 Å². The van der Waals surface area contributed by atoms with Crippen molar-refractivity contribution in [3.05, 3.63) is 35.4 Å². The molecule has 2 aromatic carbocycles. The Balaban J connectivity index is 1.46. The number of phenols is 1. The van der Waals surface area contributed by atoms with Gasteiger partial charge in [0.25, 0.3) is 0 Å². The summed E-state index contributed by atoms with van der Waals surface area (Å²) in [6.07, 6.45) is 12.6. The molecule has 1 aliphatic heterocycles. The van der Waals surface area contributed by atoms with Crippen LogP contribution in [0.25, 0.3) is 10.8 Å². The number of phenolic OH excluding ortho intramolecular Hbond substituents is 1. The van der Waals surface area contributed by atoms with Gasteiger partial charge in [0.15, 0.2) is 0 Å². The zero-order valence-corrected chi connectivity index (χ0v) is 21.6. The van der Waals surface area contributed by atoms with E-state index in [-0.39, 0.29) is 11.7 Å². The number of ether oxygens (including phenoxy) is 1. The van der Waals surface area contributed by atoms with Gasteiger partial charge in [0.2, 0.25) is 0 Å². The van der Waals surface area contributed by atoms with Gasteiger partial charge in [0.1, 0.15) is 17.1 Å². The van der Waals surface area contributed by atoms with Gasteiger partial charge >= 0.3 is 0 Å². The van der Waals surface area contributed by atoms with Gasteiger partial charge in [-0.3, -0.25) is 0 Å². The Hall–Kier alpha value is -1.74. The summed E-state index contributed by atoms with van der Waals surface area (Å²) in [5, 5.41) is 22.0. The van der Waals surface area contributed by atoms with E-state index in [0.29, 0.717) is 5.75 Å². The van der Waals surface area contributed by atoms with Crippen LogP contribution in [0.3, 0.4) is 0 Å². The first kappa shape index (κ1) is 25.9. The van der Waals surface area contributed by atoms with Crippen LogP contribution in [-0.2, 0) is 6.42 Å². The second-order valence-electron chi connectivity index (χ2n) is 11.2. The molecule has 0 aliphatic carbocycles. The molecule has 4 atom stereocenters. The van der Waals surface area contributed by atoms with E-state index in [1.807, 2.05) is 32.0 Å². The number of rotatable bonds is 12. The van der Waals surface area contributed by atoms with Gasteiger partial charge in [-0.25, -0.2) is 0 Å². The molecule has 0 fully saturated rings. The smallest absolute Gasteiger partial charge is 0.131 e. The Kier molecular flexibility index (Phi) is 9.09. The topological polar surface area (TPSA) is 49.7 Å². The first-order valence-electron chi connectivity index (χ1n) is 13.3. The van der Waals surface area contributed by atoms with Crippen LogP contribution in [0.5, 0.6) is 11.5 Å². The predicted molar refractivity (Wildman–Crippen MR) is 139 cm³/mol. The summed E-state index contributed by atoms with van der Waals surface area (Å²) < 4.78 is 6.69. The number of aromatic hydroxyl groups is 1. The molecule has 3 heteroatoms. The van der Waals surface area contributed by atoms with Crippen molar-refractivity contribution in [1.29, 1.82) is 0 Å². The zero-order valence-electron chi connectivity index (χ0n) is 21.6.